The van der Waals surface area contributed by atoms with Crippen LogP contribution < -0.4 is 14.8 Å². The van der Waals surface area contributed by atoms with Gasteiger partial charge in [0.1, 0.15) is 29.3 Å². The molecule has 0 atom stereocenters. The maximum atomic E-state index is 15.2. The van der Waals surface area contributed by atoms with Crippen LogP contribution in [0.3, 0.4) is 0 Å². The Morgan fingerprint density at radius 2 is 1.72 bits per heavy atom. The molecule has 2 N–H and O–H groups in total. The average Bonchev–Trinajstić information content (AvgIpc) is 2.95. The van der Waals surface area contributed by atoms with Crippen molar-refractivity contribution in [1.82, 2.24) is 19.9 Å². The van der Waals surface area contributed by atoms with Gasteiger partial charge in [0, 0.05) is 47.9 Å². The molecule has 220 valence electrons. The number of hydrogen-bond acceptors (Lipinski definition) is 8. The van der Waals surface area contributed by atoms with Gasteiger partial charge in [-0.2, -0.15) is 0 Å². The van der Waals surface area contributed by atoms with Gasteiger partial charge in [0.25, 0.3) is 5.91 Å². The zero-order valence-corrected chi connectivity index (χ0v) is 24.0. The fourth-order valence-corrected chi connectivity index (χ4v) is 4.52. The Hall–Kier alpha value is -5.16. The molecule has 5 aromatic rings. The van der Waals surface area contributed by atoms with Gasteiger partial charge in [0.05, 0.1) is 11.2 Å². The molecule has 0 spiro atoms. The van der Waals surface area contributed by atoms with Crippen molar-refractivity contribution in [2.75, 3.05) is 32.6 Å². The van der Waals surface area contributed by atoms with Gasteiger partial charge in [-0.15, -0.1) is 0 Å². The largest absolute Gasteiger partial charge is 0.506 e. The quantitative estimate of drug-likeness (QED) is 0.208. The molecule has 0 fully saturated rings. The minimum atomic E-state index is -0.740. The number of rotatable bonds is 9. The molecule has 9 nitrogen and oxygen atoms in total. The molecule has 0 aliphatic rings. The Bertz CT molecular complexity index is 1810. The number of halogens is 2. The summed E-state index contributed by atoms with van der Waals surface area (Å²) < 4.78 is 40.2. The second kappa shape index (κ2) is 12.4. The number of benzene rings is 2. The second-order valence-electron chi connectivity index (χ2n) is 10.1. The molecule has 3 heterocycles. The van der Waals surface area contributed by atoms with Crippen LogP contribution in [0.2, 0.25) is 0 Å². The first-order valence-corrected chi connectivity index (χ1v) is 13.4. The Balaban J connectivity index is 1.37. The van der Waals surface area contributed by atoms with Crippen molar-refractivity contribution >= 4 is 22.6 Å². The molecule has 0 unspecified atom stereocenters. The lowest BCUT2D eigenvalue weighted by Gasteiger charge is -2.16. The van der Waals surface area contributed by atoms with Crippen LogP contribution in [-0.4, -0.2) is 58.1 Å². The molecular weight excluding hydrogens is 556 g/mol. The van der Waals surface area contributed by atoms with Gasteiger partial charge in [0.15, 0.2) is 17.3 Å². The average molecular weight is 586 g/mol. The molecule has 43 heavy (non-hydrogen) atoms. The number of aromatic nitrogens is 3. The van der Waals surface area contributed by atoms with E-state index in [-0.39, 0.29) is 34.2 Å². The van der Waals surface area contributed by atoms with E-state index in [2.05, 4.69) is 20.3 Å². The molecule has 0 aliphatic carbocycles. The minimum Gasteiger partial charge on any atom is -0.506 e. The van der Waals surface area contributed by atoms with Crippen LogP contribution in [0, 0.1) is 25.5 Å². The molecule has 1 amide bonds. The molecule has 0 saturated heterocycles. The first-order valence-electron chi connectivity index (χ1n) is 13.4. The smallest absolute Gasteiger partial charge is 0.261 e. The van der Waals surface area contributed by atoms with Gasteiger partial charge < -0.3 is 24.8 Å². The number of fused-ring (bicyclic) bond motifs is 1. The zero-order valence-electron chi connectivity index (χ0n) is 24.0. The van der Waals surface area contributed by atoms with Crippen LogP contribution >= 0.6 is 0 Å². The van der Waals surface area contributed by atoms with E-state index in [1.807, 2.05) is 19.0 Å². The number of nitrogens with zero attached hydrogens (tertiary/aromatic N) is 4. The summed E-state index contributed by atoms with van der Waals surface area (Å²) in [7, 11) is 3.88. The lowest BCUT2D eigenvalue weighted by atomic mass is 9.98. The maximum Gasteiger partial charge on any atom is 0.261 e. The van der Waals surface area contributed by atoms with Crippen LogP contribution in [-0.2, 0) is 0 Å². The van der Waals surface area contributed by atoms with E-state index in [0.29, 0.717) is 46.9 Å². The normalized spacial score (nSPS) is 11.1. The summed E-state index contributed by atoms with van der Waals surface area (Å²) in [4.78, 5) is 28.4. The van der Waals surface area contributed by atoms with Crippen LogP contribution in [0.5, 0.6) is 23.1 Å². The molecule has 0 aliphatic heterocycles. The summed E-state index contributed by atoms with van der Waals surface area (Å²) in [5, 5.41) is 13.7. The molecular formula is C32H29F2N5O4. The van der Waals surface area contributed by atoms with Crippen molar-refractivity contribution in [2.45, 2.75) is 13.8 Å². The lowest BCUT2D eigenvalue weighted by Crippen LogP contribution is -2.19. The highest BCUT2D eigenvalue weighted by Gasteiger charge is 2.23. The van der Waals surface area contributed by atoms with Crippen molar-refractivity contribution in [1.29, 1.82) is 0 Å². The lowest BCUT2D eigenvalue weighted by molar-refractivity contribution is 0.102. The highest BCUT2D eigenvalue weighted by Crippen LogP contribution is 2.37. The number of amides is 1. The van der Waals surface area contributed by atoms with Crippen molar-refractivity contribution in [3.8, 4) is 34.3 Å². The van der Waals surface area contributed by atoms with Crippen molar-refractivity contribution in [3.63, 3.8) is 0 Å². The van der Waals surface area contributed by atoms with Gasteiger partial charge in [-0.1, -0.05) is 12.1 Å². The predicted octanol–water partition coefficient (Wildman–Crippen LogP) is 6.28. The van der Waals surface area contributed by atoms with Gasteiger partial charge in [-0.3, -0.25) is 14.8 Å². The number of pyridine rings is 3. The van der Waals surface area contributed by atoms with Crippen molar-refractivity contribution in [2.24, 2.45) is 0 Å². The van der Waals surface area contributed by atoms with Gasteiger partial charge in [-0.25, -0.2) is 13.8 Å². The summed E-state index contributed by atoms with van der Waals surface area (Å²) >= 11 is 0. The van der Waals surface area contributed by atoms with E-state index in [1.54, 1.807) is 32.0 Å². The van der Waals surface area contributed by atoms with Crippen molar-refractivity contribution in [3.05, 3.63) is 95.4 Å². The molecule has 5 rings (SSSR count). The summed E-state index contributed by atoms with van der Waals surface area (Å²) in [5.41, 5.74) is 2.54. The Kier molecular flexibility index (Phi) is 8.44. The van der Waals surface area contributed by atoms with E-state index < -0.39 is 17.5 Å². The fourth-order valence-electron chi connectivity index (χ4n) is 4.52. The number of carbonyl (C=O) groups excluding carboxylic acids is 1. The van der Waals surface area contributed by atoms with E-state index in [9.17, 15) is 14.3 Å². The second-order valence-corrected chi connectivity index (χ2v) is 10.1. The minimum absolute atomic E-state index is 0.0800. The maximum absolute atomic E-state index is 15.2. The first kappa shape index (κ1) is 29.3. The van der Waals surface area contributed by atoms with Crippen LogP contribution in [0.15, 0.2) is 66.9 Å². The van der Waals surface area contributed by atoms with Gasteiger partial charge >= 0.3 is 0 Å². The molecule has 0 radical (unpaired) electrons. The number of hydrogen-bond donors (Lipinski definition) is 2. The number of aromatic hydroxyl groups is 1. The number of carbonyl (C=O) groups is 1. The Labute approximate surface area is 246 Å². The standard InChI is InChI=1S/C32H29F2N5O4/c1-18-28(20-5-7-21(33)8-6-20)31(40)29(19(2)36-18)32(41)37-22-9-11-25(23(34)17-22)43-26-13-14-35-24-10-12-27(38-30(24)26)42-16-15-39(3)4/h5-14,17H,15-16H2,1-4H3,(H,36,40)(H,37,41). The van der Waals surface area contributed by atoms with E-state index >= 15 is 4.39 Å². The summed E-state index contributed by atoms with van der Waals surface area (Å²) in [6.45, 7) is 4.41. The van der Waals surface area contributed by atoms with Crippen LogP contribution in [0.25, 0.3) is 22.2 Å². The third kappa shape index (κ3) is 6.52. The van der Waals surface area contributed by atoms with Gasteiger partial charge in [0.2, 0.25) is 5.88 Å². The van der Waals surface area contributed by atoms with E-state index in [0.717, 1.165) is 6.07 Å². The van der Waals surface area contributed by atoms with Crippen LogP contribution in [0.1, 0.15) is 21.7 Å². The highest BCUT2D eigenvalue weighted by atomic mass is 19.1. The molecule has 2 aromatic carbocycles. The molecule has 0 bridgehead atoms. The zero-order chi connectivity index (χ0) is 30.7. The number of anilines is 1. The number of ether oxygens (including phenoxy) is 2. The van der Waals surface area contributed by atoms with Crippen molar-refractivity contribution < 1.29 is 28.2 Å². The summed E-state index contributed by atoms with van der Waals surface area (Å²) in [6, 6.07) is 14.5. The summed E-state index contributed by atoms with van der Waals surface area (Å²) in [6.07, 6.45) is 1.53. The Morgan fingerprint density at radius 1 is 0.953 bits per heavy atom. The SMILES string of the molecule is Cc1nc(C)c(-c2ccc(F)cc2)c(O)c1C(=O)Nc1ccc(Oc2ccnc3ccc(OCCN(C)C)nc23)c(F)c1. The fraction of sp³-hybridized carbons (Fsp3) is 0.188. The Morgan fingerprint density at radius 3 is 2.44 bits per heavy atom. The van der Waals surface area contributed by atoms with Gasteiger partial charge in [-0.05, 0) is 63.8 Å². The third-order valence-electron chi connectivity index (χ3n) is 6.61. The topological polar surface area (TPSA) is 110 Å². The monoisotopic (exact) mass is 585 g/mol. The van der Waals surface area contributed by atoms with Crippen LogP contribution in [0.4, 0.5) is 14.5 Å². The highest BCUT2D eigenvalue weighted by molar-refractivity contribution is 6.08. The molecule has 0 saturated carbocycles. The molecule has 3 aromatic heterocycles. The number of aryl methyl sites for hydroxylation is 2. The first-order chi connectivity index (χ1) is 20.6. The van der Waals surface area contributed by atoms with E-state index in [4.69, 9.17) is 9.47 Å². The number of nitrogens with one attached hydrogen (secondary N) is 1. The summed E-state index contributed by atoms with van der Waals surface area (Å²) in [5.74, 6) is -1.61. The number of likely N-dealkylation sites (N-methyl/N-ethyl adjacent to an activating group) is 1. The molecule has 11 heteroatoms. The predicted molar refractivity (Wildman–Crippen MR) is 159 cm³/mol. The van der Waals surface area contributed by atoms with E-state index in [1.165, 1.54) is 42.6 Å². The third-order valence-corrected chi connectivity index (χ3v) is 6.61.